The minimum absolute atomic E-state index is 0.0974. The molecule has 3 aromatic rings. The zero-order chi connectivity index (χ0) is 20.9. The maximum absolute atomic E-state index is 12.9. The van der Waals surface area contributed by atoms with Crippen LogP contribution in [0.25, 0.3) is 0 Å². The Kier molecular flexibility index (Phi) is 5.92. The highest BCUT2D eigenvalue weighted by Crippen LogP contribution is 2.19. The van der Waals surface area contributed by atoms with E-state index in [-0.39, 0.29) is 18.1 Å². The first-order chi connectivity index (χ1) is 13.9. The van der Waals surface area contributed by atoms with Gasteiger partial charge in [-0.3, -0.25) is 4.79 Å². The first kappa shape index (κ1) is 20.1. The third-order valence-electron chi connectivity index (χ3n) is 3.96. The van der Waals surface area contributed by atoms with E-state index in [1.54, 1.807) is 53.5 Å². The van der Waals surface area contributed by atoms with Crippen LogP contribution in [0.15, 0.2) is 67.3 Å². The zero-order valence-electron chi connectivity index (χ0n) is 15.2. The van der Waals surface area contributed by atoms with E-state index in [2.05, 4.69) is 9.17 Å². The summed E-state index contributed by atoms with van der Waals surface area (Å²) < 4.78 is 28.0. The summed E-state index contributed by atoms with van der Waals surface area (Å²) in [6.07, 6.45) is 5.34. The molecule has 1 aromatic heterocycles. The minimum atomic E-state index is -4.08. The molecule has 148 valence electrons. The predicted molar refractivity (Wildman–Crippen MR) is 105 cm³/mol. The molecule has 0 aliphatic carbocycles. The van der Waals surface area contributed by atoms with Gasteiger partial charge in [-0.25, -0.2) is 14.7 Å². The van der Waals surface area contributed by atoms with Gasteiger partial charge in [0.25, 0.3) is 0 Å². The van der Waals surface area contributed by atoms with Gasteiger partial charge in [-0.05, 0) is 48.4 Å². The molecule has 29 heavy (non-hydrogen) atoms. The topological polar surface area (TPSA) is 131 Å². The van der Waals surface area contributed by atoms with Crippen molar-refractivity contribution in [2.75, 3.05) is 5.01 Å². The third kappa shape index (κ3) is 5.41. The lowest BCUT2D eigenvalue weighted by molar-refractivity contribution is -0.119. The lowest BCUT2D eigenvalue weighted by Crippen LogP contribution is -2.35. The van der Waals surface area contributed by atoms with Crippen LogP contribution >= 0.6 is 0 Å². The number of nitrogens with zero attached hydrogens (tertiary/aromatic N) is 4. The van der Waals surface area contributed by atoms with Crippen LogP contribution in [-0.2, 0) is 21.5 Å². The molecule has 0 saturated carbocycles. The largest absolute Gasteiger partial charge is 0.380 e. The van der Waals surface area contributed by atoms with E-state index in [4.69, 9.17) is 10.4 Å². The van der Waals surface area contributed by atoms with Crippen LogP contribution in [0.1, 0.15) is 17.5 Å². The molecule has 10 heteroatoms. The number of carbonyl (C=O) groups is 1. The Morgan fingerprint density at radius 1 is 1.17 bits per heavy atom. The molecule has 0 unspecified atom stereocenters. The lowest BCUT2D eigenvalue weighted by atomic mass is 10.1. The number of hydrogen-bond acceptors (Lipinski definition) is 6. The van der Waals surface area contributed by atoms with Crippen LogP contribution in [0.4, 0.5) is 5.69 Å². The smallest absolute Gasteiger partial charge is 0.371 e. The number of aryl methyl sites for hydroxylation is 1. The molecule has 2 N–H and O–H groups in total. The summed E-state index contributed by atoms with van der Waals surface area (Å²) in [7, 11) is -4.08. The van der Waals surface area contributed by atoms with E-state index >= 15 is 0 Å². The van der Waals surface area contributed by atoms with Crippen molar-refractivity contribution in [3.8, 4) is 11.8 Å². The van der Waals surface area contributed by atoms with Crippen molar-refractivity contribution in [2.45, 2.75) is 12.8 Å². The number of aromatic nitrogens is 2. The van der Waals surface area contributed by atoms with Gasteiger partial charge >= 0.3 is 10.3 Å². The van der Waals surface area contributed by atoms with Crippen molar-refractivity contribution in [1.82, 2.24) is 9.66 Å². The van der Waals surface area contributed by atoms with E-state index < -0.39 is 10.3 Å². The molecule has 0 bridgehead atoms. The van der Waals surface area contributed by atoms with Crippen LogP contribution in [0.3, 0.4) is 0 Å². The number of imidazole rings is 1. The standard InChI is InChI=1S/C19H17N5O4S/c20-13-16-1-6-17(7-2-16)24(23-12-11-22-14-23)19(25)10-5-15-3-8-18(9-4-15)28-29(21,26)27/h1-4,6-9,11-12,14H,5,10H2,(H2,21,26,27). The summed E-state index contributed by atoms with van der Waals surface area (Å²) >= 11 is 0. The number of rotatable bonds is 7. The van der Waals surface area contributed by atoms with Crippen molar-refractivity contribution in [3.63, 3.8) is 0 Å². The van der Waals surface area contributed by atoms with Crippen molar-refractivity contribution in [3.05, 3.63) is 78.4 Å². The molecule has 9 nitrogen and oxygen atoms in total. The number of carbonyl (C=O) groups excluding carboxylic acids is 1. The molecule has 0 radical (unpaired) electrons. The molecule has 0 spiro atoms. The van der Waals surface area contributed by atoms with E-state index in [9.17, 15) is 13.2 Å². The molecule has 0 aliphatic rings. The average Bonchev–Trinajstić information content (AvgIpc) is 3.21. The first-order valence-electron chi connectivity index (χ1n) is 8.48. The van der Waals surface area contributed by atoms with Crippen LogP contribution < -0.4 is 14.3 Å². The maximum Gasteiger partial charge on any atom is 0.380 e. The zero-order valence-corrected chi connectivity index (χ0v) is 16.0. The first-order valence-corrected chi connectivity index (χ1v) is 9.95. The Morgan fingerprint density at radius 2 is 1.86 bits per heavy atom. The summed E-state index contributed by atoms with van der Waals surface area (Å²) in [6, 6.07) is 15.0. The molecule has 3 rings (SSSR count). The molecule has 1 heterocycles. The van der Waals surface area contributed by atoms with Gasteiger partial charge in [0, 0.05) is 18.8 Å². The SMILES string of the molecule is N#Cc1ccc(N(C(=O)CCc2ccc(OS(N)(=O)=O)cc2)n2ccnc2)cc1. The second-order valence-corrected chi connectivity index (χ2v) is 7.18. The maximum atomic E-state index is 12.9. The number of hydrogen-bond donors (Lipinski definition) is 1. The van der Waals surface area contributed by atoms with Crippen molar-refractivity contribution in [2.24, 2.45) is 5.14 Å². The summed E-state index contributed by atoms with van der Waals surface area (Å²) in [5, 5.41) is 15.3. The van der Waals surface area contributed by atoms with E-state index in [0.717, 1.165) is 5.56 Å². The van der Waals surface area contributed by atoms with Gasteiger partial charge in [-0.2, -0.15) is 18.8 Å². The summed E-state index contributed by atoms with van der Waals surface area (Å²) in [5.74, 6) is -0.0854. The molecular formula is C19H17N5O4S. The Balaban J connectivity index is 1.73. The minimum Gasteiger partial charge on any atom is -0.371 e. The molecule has 1 amide bonds. The second kappa shape index (κ2) is 8.55. The Morgan fingerprint density at radius 3 is 2.41 bits per heavy atom. The van der Waals surface area contributed by atoms with Gasteiger partial charge in [-0.15, -0.1) is 0 Å². The fraction of sp³-hybridized carbons (Fsp3) is 0.105. The fourth-order valence-corrected chi connectivity index (χ4v) is 3.04. The molecule has 0 fully saturated rings. The molecule has 2 aromatic carbocycles. The van der Waals surface area contributed by atoms with Crippen molar-refractivity contribution >= 4 is 21.9 Å². The van der Waals surface area contributed by atoms with Gasteiger partial charge < -0.3 is 4.18 Å². The summed E-state index contributed by atoms with van der Waals surface area (Å²) in [5.41, 5.74) is 1.92. The molecular weight excluding hydrogens is 394 g/mol. The van der Waals surface area contributed by atoms with E-state index in [1.807, 2.05) is 6.07 Å². The summed E-state index contributed by atoms with van der Waals surface area (Å²) in [4.78, 5) is 16.9. The number of amides is 1. The Hall–Kier alpha value is -3.68. The number of nitrogens with two attached hydrogens (primary N) is 1. The van der Waals surface area contributed by atoms with Crippen LogP contribution in [0.5, 0.6) is 5.75 Å². The highest BCUT2D eigenvalue weighted by atomic mass is 32.2. The molecule has 0 saturated heterocycles. The van der Waals surface area contributed by atoms with Crippen molar-refractivity contribution < 1.29 is 17.4 Å². The second-order valence-electron chi connectivity index (χ2n) is 6.03. The van der Waals surface area contributed by atoms with Gasteiger partial charge in [0.1, 0.15) is 12.1 Å². The normalized spacial score (nSPS) is 10.9. The monoisotopic (exact) mass is 411 g/mol. The van der Waals surface area contributed by atoms with E-state index in [1.165, 1.54) is 23.5 Å². The number of benzene rings is 2. The third-order valence-corrected chi connectivity index (χ3v) is 4.39. The number of nitriles is 1. The quantitative estimate of drug-likeness (QED) is 0.630. The van der Waals surface area contributed by atoms with Gasteiger partial charge in [0.15, 0.2) is 0 Å². The van der Waals surface area contributed by atoms with Crippen LogP contribution in [0, 0.1) is 11.3 Å². The van der Waals surface area contributed by atoms with Gasteiger partial charge in [0.2, 0.25) is 5.91 Å². The molecule has 0 atom stereocenters. The van der Waals surface area contributed by atoms with Crippen LogP contribution in [-0.4, -0.2) is 24.0 Å². The highest BCUT2D eigenvalue weighted by molar-refractivity contribution is 7.84. The Labute approximate surface area is 167 Å². The molecule has 0 aliphatic heterocycles. The van der Waals surface area contributed by atoms with Crippen LogP contribution in [0.2, 0.25) is 0 Å². The van der Waals surface area contributed by atoms with Crippen molar-refractivity contribution in [1.29, 1.82) is 5.26 Å². The number of anilines is 1. The van der Waals surface area contributed by atoms with E-state index in [0.29, 0.717) is 17.7 Å². The predicted octanol–water partition coefficient (Wildman–Crippen LogP) is 1.77. The highest BCUT2D eigenvalue weighted by Gasteiger charge is 2.17. The van der Waals surface area contributed by atoms with Gasteiger partial charge in [0.05, 0.1) is 17.3 Å². The fourth-order valence-electron chi connectivity index (χ4n) is 2.66. The summed E-state index contributed by atoms with van der Waals surface area (Å²) in [6.45, 7) is 0. The van der Waals surface area contributed by atoms with Gasteiger partial charge in [-0.1, -0.05) is 12.1 Å². The average molecular weight is 411 g/mol. The Bertz CT molecular complexity index is 1120. The lowest BCUT2D eigenvalue weighted by Gasteiger charge is -2.23.